The Balaban J connectivity index is 1.60. The highest BCUT2D eigenvalue weighted by Crippen LogP contribution is 2.40. The highest BCUT2D eigenvalue weighted by atomic mass is 16.2. The standard InChI is InChI=1S/C24H35N5O3/c1-26(2)15-11-25-22(30)17-29-21-16-18(23(31)27-12-5-3-6-13-27)9-10-19(21)28-14-7-4-8-20(28)24(29)32/h9-10,16,20H,3-8,11-15,17H2,1-2H3,(H,25,30)/t20-/m0/s1. The molecule has 1 atom stereocenters. The SMILES string of the molecule is CN(C)CCNC(=O)CN1C(=O)[C@@H]2CCCCN2c2ccc(C(=O)N3CCCCC3)cc21. The number of hydrogen-bond donors (Lipinski definition) is 1. The van der Waals surface area contributed by atoms with Gasteiger partial charge >= 0.3 is 0 Å². The molecule has 0 radical (unpaired) electrons. The third-order valence-corrected chi connectivity index (χ3v) is 6.70. The lowest BCUT2D eigenvalue weighted by atomic mass is 9.95. The Labute approximate surface area is 190 Å². The van der Waals surface area contributed by atoms with Crippen molar-refractivity contribution in [3.05, 3.63) is 23.8 Å². The Morgan fingerprint density at radius 2 is 1.78 bits per heavy atom. The summed E-state index contributed by atoms with van der Waals surface area (Å²) in [6, 6.07) is 5.44. The van der Waals surface area contributed by atoms with E-state index in [4.69, 9.17) is 0 Å². The lowest BCUT2D eigenvalue weighted by Crippen LogP contribution is -2.57. The lowest BCUT2D eigenvalue weighted by molar-refractivity contribution is -0.125. The van der Waals surface area contributed by atoms with Crippen LogP contribution in [-0.4, -0.2) is 86.9 Å². The second-order valence-electron chi connectivity index (χ2n) is 9.34. The van der Waals surface area contributed by atoms with E-state index in [1.807, 2.05) is 42.1 Å². The Morgan fingerprint density at radius 1 is 1.03 bits per heavy atom. The fourth-order valence-corrected chi connectivity index (χ4v) is 4.95. The zero-order valence-electron chi connectivity index (χ0n) is 19.3. The molecule has 0 unspecified atom stereocenters. The van der Waals surface area contributed by atoms with Crippen molar-refractivity contribution in [2.24, 2.45) is 0 Å². The molecule has 1 aromatic carbocycles. The average molecular weight is 442 g/mol. The van der Waals surface area contributed by atoms with E-state index >= 15 is 0 Å². The molecule has 4 rings (SSSR count). The van der Waals surface area contributed by atoms with Crippen LogP contribution in [0.4, 0.5) is 11.4 Å². The van der Waals surface area contributed by atoms with Crippen molar-refractivity contribution in [1.82, 2.24) is 15.1 Å². The van der Waals surface area contributed by atoms with E-state index in [0.29, 0.717) is 17.8 Å². The van der Waals surface area contributed by atoms with Gasteiger partial charge in [0.15, 0.2) is 0 Å². The van der Waals surface area contributed by atoms with E-state index in [1.54, 1.807) is 4.90 Å². The van der Waals surface area contributed by atoms with Gasteiger partial charge in [0.1, 0.15) is 12.6 Å². The van der Waals surface area contributed by atoms with E-state index in [-0.39, 0.29) is 30.3 Å². The molecular weight excluding hydrogens is 406 g/mol. The average Bonchev–Trinajstić information content (AvgIpc) is 2.81. The van der Waals surface area contributed by atoms with Gasteiger partial charge in [-0.1, -0.05) is 0 Å². The molecule has 2 saturated heterocycles. The molecule has 0 saturated carbocycles. The van der Waals surface area contributed by atoms with Crippen LogP contribution in [0.15, 0.2) is 18.2 Å². The second kappa shape index (κ2) is 9.90. The van der Waals surface area contributed by atoms with E-state index in [0.717, 1.165) is 70.4 Å². The number of nitrogens with one attached hydrogen (secondary N) is 1. The maximum Gasteiger partial charge on any atom is 0.253 e. The molecule has 3 aliphatic heterocycles. The van der Waals surface area contributed by atoms with E-state index in [1.165, 1.54) is 0 Å². The normalized spacial score (nSPS) is 20.8. The molecule has 32 heavy (non-hydrogen) atoms. The third-order valence-electron chi connectivity index (χ3n) is 6.70. The molecule has 0 spiro atoms. The van der Waals surface area contributed by atoms with Crippen molar-refractivity contribution in [1.29, 1.82) is 0 Å². The quantitative estimate of drug-likeness (QED) is 0.727. The van der Waals surface area contributed by atoms with Gasteiger partial charge in [0.05, 0.1) is 11.4 Å². The summed E-state index contributed by atoms with van der Waals surface area (Å²) in [7, 11) is 3.91. The van der Waals surface area contributed by atoms with Crippen molar-refractivity contribution in [3.8, 4) is 0 Å². The van der Waals surface area contributed by atoms with E-state index < -0.39 is 0 Å². The topological polar surface area (TPSA) is 76.2 Å². The van der Waals surface area contributed by atoms with Crippen molar-refractivity contribution >= 4 is 29.1 Å². The van der Waals surface area contributed by atoms with Gasteiger partial charge in [-0.2, -0.15) is 0 Å². The van der Waals surface area contributed by atoms with E-state index in [9.17, 15) is 14.4 Å². The van der Waals surface area contributed by atoms with Gasteiger partial charge in [-0.15, -0.1) is 0 Å². The van der Waals surface area contributed by atoms with Crippen LogP contribution in [0.3, 0.4) is 0 Å². The number of likely N-dealkylation sites (tertiary alicyclic amines) is 1. The Bertz CT molecular complexity index is 865. The second-order valence-corrected chi connectivity index (χ2v) is 9.34. The fourth-order valence-electron chi connectivity index (χ4n) is 4.95. The van der Waals surface area contributed by atoms with Gasteiger partial charge in [0.25, 0.3) is 5.91 Å². The third kappa shape index (κ3) is 4.75. The number of likely N-dealkylation sites (N-methyl/N-ethyl adjacent to an activating group) is 1. The summed E-state index contributed by atoms with van der Waals surface area (Å²) in [4.78, 5) is 46.9. The number of rotatable bonds is 6. The van der Waals surface area contributed by atoms with Crippen molar-refractivity contribution in [2.75, 3.05) is 63.2 Å². The van der Waals surface area contributed by atoms with Crippen molar-refractivity contribution in [2.45, 2.75) is 44.6 Å². The number of benzene rings is 1. The number of amides is 3. The molecule has 1 N–H and O–H groups in total. The smallest absolute Gasteiger partial charge is 0.253 e. The minimum Gasteiger partial charge on any atom is -0.358 e. The van der Waals surface area contributed by atoms with Crippen LogP contribution in [0.1, 0.15) is 48.9 Å². The highest BCUT2D eigenvalue weighted by Gasteiger charge is 2.40. The van der Waals surface area contributed by atoms with Crippen LogP contribution < -0.4 is 15.1 Å². The van der Waals surface area contributed by atoms with Gasteiger partial charge in [-0.05, 0) is 70.8 Å². The Kier molecular flexibility index (Phi) is 6.98. The van der Waals surface area contributed by atoms with Crippen LogP contribution in [0.25, 0.3) is 0 Å². The number of fused-ring (bicyclic) bond motifs is 3. The van der Waals surface area contributed by atoms with Crippen LogP contribution in [0, 0.1) is 0 Å². The maximum atomic E-state index is 13.4. The molecule has 2 fully saturated rings. The number of nitrogens with zero attached hydrogens (tertiary/aromatic N) is 4. The van der Waals surface area contributed by atoms with E-state index in [2.05, 4.69) is 10.2 Å². The highest BCUT2D eigenvalue weighted by molar-refractivity contribution is 6.09. The first-order valence-electron chi connectivity index (χ1n) is 11.9. The minimum atomic E-state index is -0.227. The summed E-state index contributed by atoms with van der Waals surface area (Å²) >= 11 is 0. The first-order valence-corrected chi connectivity index (χ1v) is 11.9. The molecule has 3 heterocycles. The summed E-state index contributed by atoms with van der Waals surface area (Å²) in [5.41, 5.74) is 2.22. The number of carbonyl (C=O) groups is 3. The fraction of sp³-hybridized carbons (Fsp3) is 0.625. The molecule has 0 aliphatic carbocycles. The molecule has 0 bridgehead atoms. The van der Waals surface area contributed by atoms with Crippen LogP contribution in [0.2, 0.25) is 0 Å². The Hall–Kier alpha value is -2.61. The summed E-state index contributed by atoms with van der Waals surface area (Å²) in [5.74, 6) is -0.207. The molecule has 1 aromatic rings. The van der Waals surface area contributed by atoms with Gasteiger partial charge in [0.2, 0.25) is 11.8 Å². The summed E-state index contributed by atoms with van der Waals surface area (Å²) in [6.45, 7) is 3.63. The van der Waals surface area contributed by atoms with Crippen LogP contribution >= 0.6 is 0 Å². The Morgan fingerprint density at radius 3 is 2.53 bits per heavy atom. The first kappa shape index (κ1) is 22.6. The first-order chi connectivity index (χ1) is 15.5. The number of anilines is 2. The van der Waals surface area contributed by atoms with Gasteiger partial charge < -0.3 is 20.0 Å². The zero-order chi connectivity index (χ0) is 22.7. The predicted molar refractivity (Wildman–Crippen MR) is 125 cm³/mol. The molecular formula is C24H35N5O3. The molecule has 8 nitrogen and oxygen atoms in total. The largest absolute Gasteiger partial charge is 0.358 e. The van der Waals surface area contributed by atoms with Crippen molar-refractivity contribution in [3.63, 3.8) is 0 Å². The zero-order valence-corrected chi connectivity index (χ0v) is 19.3. The van der Waals surface area contributed by atoms with Crippen LogP contribution in [-0.2, 0) is 9.59 Å². The molecule has 174 valence electrons. The molecule has 3 amide bonds. The maximum absolute atomic E-state index is 13.4. The number of carbonyl (C=O) groups excluding carboxylic acids is 3. The monoisotopic (exact) mass is 441 g/mol. The summed E-state index contributed by atoms with van der Waals surface area (Å²) in [5, 5.41) is 2.91. The van der Waals surface area contributed by atoms with Crippen molar-refractivity contribution < 1.29 is 14.4 Å². The number of piperidine rings is 2. The molecule has 8 heteroatoms. The predicted octanol–water partition coefficient (Wildman–Crippen LogP) is 1.70. The number of hydrogen-bond acceptors (Lipinski definition) is 5. The minimum absolute atomic E-state index is 0.0103. The van der Waals surface area contributed by atoms with Gasteiger partial charge in [0, 0.05) is 38.3 Å². The van der Waals surface area contributed by atoms with Crippen LogP contribution in [0.5, 0.6) is 0 Å². The molecule has 0 aromatic heterocycles. The van der Waals surface area contributed by atoms with Gasteiger partial charge in [-0.3, -0.25) is 19.3 Å². The van der Waals surface area contributed by atoms with Gasteiger partial charge in [-0.25, -0.2) is 0 Å². The lowest BCUT2D eigenvalue weighted by Gasteiger charge is -2.45. The summed E-state index contributed by atoms with van der Waals surface area (Å²) in [6.07, 6.45) is 6.08. The summed E-state index contributed by atoms with van der Waals surface area (Å²) < 4.78 is 0. The molecule has 3 aliphatic rings.